The Balaban J connectivity index is 3.34. The molecule has 1 atom stereocenters. The van der Waals surface area contributed by atoms with E-state index < -0.39 is 6.23 Å². The van der Waals surface area contributed by atoms with Crippen LogP contribution in [0.25, 0.3) is 0 Å². The van der Waals surface area contributed by atoms with Gasteiger partial charge in [-0.1, -0.05) is 0 Å². The number of nitrogens with one attached hydrogen (secondary N) is 1. The largest absolute Gasteiger partial charge is 0.484 e. The second-order valence-electron chi connectivity index (χ2n) is 1.61. The normalized spacial score (nSPS) is 12.8. The predicted octanol–water partition coefficient (Wildman–Crippen LogP) is -0.0686. The van der Waals surface area contributed by atoms with Crippen molar-refractivity contribution in [1.29, 1.82) is 5.41 Å². The number of hydrogen-bond acceptors (Lipinski definition) is 4. The Bertz CT molecular complexity index is 95.0. The second-order valence-corrected chi connectivity index (χ2v) is 1.61. The number of rotatable bonds is 3. The molecule has 0 aliphatic rings. The molecule has 0 radical (unpaired) electrons. The van der Waals surface area contributed by atoms with E-state index in [-0.39, 0.29) is 5.90 Å². The molecular weight excluding hydrogens is 120 g/mol. The Morgan fingerprint density at radius 2 is 2.22 bits per heavy atom. The molecule has 54 valence electrons. The van der Waals surface area contributed by atoms with Crippen LogP contribution in [0, 0.1) is 5.41 Å². The Morgan fingerprint density at radius 3 is 2.56 bits per heavy atom. The smallest absolute Gasteiger partial charge is 0.184 e. The van der Waals surface area contributed by atoms with Gasteiger partial charge in [0.15, 0.2) is 5.90 Å². The van der Waals surface area contributed by atoms with Crippen molar-refractivity contribution in [3.8, 4) is 0 Å². The first-order valence-electron chi connectivity index (χ1n) is 2.60. The molecule has 0 saturated heterocycles. The van der Waals surface area contributed by atoms with Gasteiger partial charge in [-0.15, -0.1) is 0 Å². The maximum Gasteiger partial charge on any atom is 0.184 e. The first-order chi connectivity index (χ1) is 4.20. The highest BCUT2D eigenvalue weighted by atomic mass is 16.5. The van der Waals surface area contributed by atoms with Gasteiger partial charge in [-0.2, -0.15) is 0 Å². The van der Waals surface area contributed by atoms with Crippen molar-refractivity contribution in [2.24, 2.45) is 5.73 Å². The van der Waals surface area contributed by atoms with E-state index in [4.69, 9.17) is 11.1 Å². The van der Waals surface area contributed by atoms with Crippen LogP contribution in [0.2, 0.25) is 0 Å². The molecule has 4 heteroatoms. The highest BCUT2D eigenvalue weighted by molar-refractivity contribution is 5.72. The summed E-state index contributed by atoms with van der Waals surface area (Å²) in [7, 11) is 2.93. The monoisotopic (exact) mass is 132 g/mol. The van der Waals surface area contributed by atoms with Gasteiger partial charge in [0.1, 0.15) is 6.23 Å². The molecule has 1 unspecified atom stereocenters. The van der Waals surface area contributed by atoms with Crippen LogP contribution in [-0.2, 0) is 9.47 Å². The van der Waals surface area contributed by atoms with Crippen molar-refractivity contribution in [3.05, 3.63) is 0 Å². The molecule has 3 N–H and O–H groups in total. The van der Waals surface area contributed by atoms with Crippen LogP contribution >= 0.6 is 0 Å². The van der Waals surface area contributed by atoms with Crippen LogP contribution in [-0.4, -0.2) is 26.3 Å². The molecule has 0 spiro atoms. The van der Waals surface area contributed by atoms with Gasteiger partial charge in [0.25, 0.3) is 0 Å². The summed E-state index contributed by atoms with van der Waals surface area (Å²) in [5.74, 6) is 0.143. The van der Waals surface area contributed by atoms with E-state index in [1.165, 1.54) is 14.2 Å². The van der Waals surface area contributed by atoms with Crippen LogP contribution in [0.5, 0.6) is 0 Å². The van der Waals surface area contributed by atoms with Crippen molar-refractivity contribution in [3.63, 3.8) is 0 Å². The number of hydrogen-bond donors (Lipinski definition) is 2. The third kappa shape index (κ3) is 3.93. The van der Waals surface area contributed by atoms with Crippen molar-refractivity contribution in [1.82, 2.24) is 0 Å². The summed E-state index contributed by atoms with van der Waals surface area (Å²) in [5.41, 5.74) is 5.31. The lowest BCUT2D eigenvalue weighted by atomic mass is 10.4. The summed E-state index contributed by atoms with van der Waals surface area (Å²) in [6.07, 6.45) is -0.0926. The van der Waals surface area contributed by atoms with Gasteiger partial charge in [-0.05, 0) is 0 Å². The Hall–Kier alpha value is -0.610. The molecule has 0 aromatic heterocycles. The van der Waals surface area contributed by atoms with E-state index in [1.807, 2.05) is 0 Å². The molecule has 0 aliphatic heterocycles. The van der Waals surface area contributed by atoms with E-state index >= 15 is 0 Å². The van der Waals surface area contributed by atoms with E-state index in [9.17, 15) is 0 Å². The predicted molar refractivity (Wildman–Crippen MR) is 34.3 cm³/mol. The molecule has 0 bridgehead atoms. The summed E-state index contributed by atoms with van der Waals surface area (Å²) in [4.78, 5) is 0. The van der Waals surface area contributed by atoms with E-state index in [2.05, 4.69) is 9.47 Å². The molecule has 0 rings (SSSR count). The average Bonchev–Trinajstić information content (AvgIpc) is 1.87. The third-order valence-corrected chi connectivity index (χ3v) is 0.936. The van der Waals surface area contributed by atoms with Gasteiger partial charge in [-0.25, -0.2) is 0 Å². The Morgan fingerprint density at radius 1 is 1.67 bits per heavy atom. The highest BCUT2D eigenvalue weighted by Gasteiger charge is 2.02. The highest BCUT2D eigenvalue weighted by Crippen LogP contribution is 1.90. The number of methoxy groups -OCH3 is 2. The summed E-state index contributed by atoms with van der Waals surface area (Å²) in [5, 5.41) is 6.99. The lowest BCUT2D eigenvalue weighted by molar-refractivity contribution is 0.109. The zero-order chi connectivity index (χ0) is 7.28. The summed E-state index contributed by atoms with van der Waals surface area (Å²) >= 11 is 0. The zero-order valence-electron chi connectivity index (χ0n) is 5.68. The fourth-order valence-electron chi connectivity index (χ4n) is 0.349. The minimum absolute atomic E-state index is 0.143. The molecule has 0 heterocycles. The van der Waals surface area contributed by atoms with Crippen molar-refractivity contribution < 1.29 is 9.47 Å². The topological polar surface area (TPSA) is 68.3 Å². The Labute approximate surface area is 54.5 Å². The first kappa shape index (κ1) is 8.39. The maximum absolute atomic E-state index is 6.99. The van der Waals surface area contributed by atoms with Crippen LogP contribution in [0.4, 0.5) is 0 Å². The lowest BCUT2D eigenvalue weighted by Gasteiger charge is -2.07. The molecule has 0 fully saturated rings. The average molecular weight is 132 g/mol. The molecule has 4 nitrogen and oxygen atoms in total. The van der Waals surface area contributed by atoms with E-state index in [0.29, 0.717) is 6.42 Å². The fourth-order valence-corrected chi connectivity index (χ4v) is 0.349. The van der Waals surface area contributed by atoms with E-state index in [0.717, 1.165) is 0 Å². The van der Waals surface area contributed by atoms with Crippen LogP contribution in [0.1, 0.15) is 6.42 Å². The number of nitrogens with two attached hydrogens (primary N) is 1. The fraction of sp³-hybridized carbons (Fsp3) is 0.800. The van der Waals surface area contributed by atoms with Crippen LogP contribution < -0.4 is 5.73 Å². The van der Waals surface area contributed by atoms with Crippen molar-refractivity contribution >= 4 is 5.90 Å². The molecule has 0 aromatic rings. The quantitative estimate of drug-likeness (QED) is 0.321. The molecule has 9 heavy (non-hydrogen) atoms. The van der Waals surface area contributed by atoms with Gasteiger partial charge >= 0.3 is 0 Å². The Kier molecular flexibility index (Phi) is 4.00. The van der Waals surface area contributed by atoms with Crippen molar-refractivity contribution in [2.75, 3.05) is 14.2 Å². The standard InChI is InChI=1S/C5H12N2O2/c1-8-4(6)3-5(7)9-2/h4,7H,3,6H2,1-2H3. The van der Waals surface area contributed by atoms with Gasteiger partial charge in [-0.3, -0.25) is 5.41 Å². The van der Waals surface area contributed by atoms with Gasteiger partial charge in [0.2, 0.25) is 0 Å². The lowest BCUT2D eigenvalue weighted by Crippen LogP contribution is -2.25. The van der Waals surface area contributed by atoms with Gasteiger partial charge in [0.05, 0.1) is 13.5 Å². The summed E-state index contributed by atoms with van der Waals surface area (Å²) in [6, 6.07) is 0. The van der Waals surface area contributed by atoms with Gasteiger partial charge in [0, 0.05) is 7.11 Å². The maximum atomic E-state index is 6.99. The van der Waals surface area contributed by atoms with Crippen molar-refractivity contribution in [2.45, 2.75) is 12.6 Å². The molecular formula is C5H12N2O2. The second kappa shape index (κ2) is 4.29. The molecule has 0 aromatic carbocycles. The van der Waals surface area contributed by atoms with Gasteiger partial charge < -0.3 is 15.2 Å². The first-order valence-corrected chi connectivity index (χ1v) is 2.60. The van der Waals surface area contributed by atoms with E-state index in [1.54, 1.807) is 0 Å². The zero-order valence-corrected chi connectivity index (χ0v) is 5.68. The minimum Gasteiger partial charge on any atom is -0.484 e. The molecule has 0 saturated carbocycles. The SMILES string of the molecule is COC(=N)CC(N)OC. The summed E-state index contributed by atoms with van der Waals surface area (Å²) in [6.45, 7) is 0. The summed E-state index contributed by atoms with van der Waals surface area (Å²) < 4.78 is 9.23. The molecule has 0 aliphatic carbocycles. The van der Waals surface area contributed by atoms with Crippen LogP contribution in [0.15, 0.2) is 0 Å². The molecule has 0 amide bonds. The third-order valence-electron chi connectivity index (χ3n) is 0.936. The van der Waals surface area contributed by atoms with Crippen LogP contribution in [0.3, 0.4) is 0 Å². The number of ether oxygens (including phenoxy) is 2. The minimum atomic E-state index is -0.419.